The maximum Gasteiger partial charge on any atom is 0.338 e. The highest BCUT2D eigenvalue weighted by molar-refractivity contribution is 7.09. The van der Waals surface area contributed by atoms with Gasteiger partial charge in [0.15, 0.2) is 0 Å². The van der Waals surface area contributed by atoms with Gasteiger partial charge >= 0.3 is 11.9 Å². The Hall–Kier alpha value is -3.19. The molecule has 3 aromatic rings. The van der Waals surface area contributed by atoms with E-state index in [9.17, 15) is 9.59 Å². The van der Waals surface area contributed by atoms with Crippen molar-refractivity contribution in [1.82, 2.24) is 9.55 Å². The quantitative estimate of drug-likeness (QED) is 0.270. The summed E-state index contributed by atoms with van der Waals surface area (Å²) in [6.45, 7) is 6.38. The second-order valence-electron chi connectivity index (χ2n) is 7.45. The van der Waals surface area contributed by atoms with Gasteiger partial charge in [0.05, 0.1) is 30.7 Å². The van der Waals surface area contributed by atoms with E-state index in [1.807, 2.05) is 40.3 Å². The Balaban J connectivity index is 2.02. The van der Waals surface area contributed by atoms with Crippen molar-refractivity contribution in [3.05, 3.63) is 75.5 Å². The van der Waals surface area contributed by atoms with E-state index < -0.39 is 0 Å². The Morgan fingerprint density at radius 2 is 1.82 bits per heavy atom. The Labute approximate surface area is 198 Å². The first-order chi connectivity index (χ1) is 16.1. The van der Waals surface area contributed by atoms with Crippen LogP contribution >= 0.6 is 11.3 Å². The number of aryl methyl sites for hydroxylation is 1. The molecule has 0 saturated heterocycles. The Bertz CT molecular complexity index is 1080. The minimum Gasteiger partial charge on any atom is -0.463 e. The van der Waals surface area contributed by atoms with E-state index >= 15 is 0 Å². The van der Waals surface area contributed by atoms with Crippen molar-refractivity contribution in [2.45, 2.75) is 46.5 Å². The topological polar surface area (TPSA) is 70.4 Å². The summed E-state index contributed by atoms with van der Waals surface area (Å²) in [6, 6.07) is 11.2. The van der Waals surface area contributed by atoms with Gasteiger partial charge < -0.3 is 9.47 Å². The fourth-order valence-electron chi connectivity index (χ4n) is 3.46. The van der Waals surface area contributed by atoms with Crippen LogP contribution in [0.4, 0.5) is 0 Å². The molecule has 0 aliphatic rings. The van der Waals surface area contributed by atoms with Gasteiger partial charge in [-0.1, -0.05) is 19.4 Å². The van der Waals surface area contributed by atoms with E-state index in [4.69, 9.17) is 9.47 Å². The van der Waals surface area contributed by atoms with E-state index in [-0.39, 0.29) is 11.9 Å². The molecule has 0 fully saturated rings. The van der Waals surface area contributed by atoms with Gasteiger partial charge in [-0.2, -0.15) is 0 Å². The number of carbonyl (C=O) groups is 2. The normalized spacial score (nSPS) is 11.4. The van der Waals surface area contributed by atoms with Crippen LogP contribution in [0.5, 0.6) is 0 Å². The number of ether oxygens (including phenoxy) is 2. The highest BCUT2D eigenvalue weighted by atomic mass is 32.1. The molecule has 0 spiro atoms. The lowest BCUT2D eigenvalue weighted by molar-refractivity contribution is -0.138. The van der Waals surface area contributed by atoms with Crippen LogP contribution in [0.15, 0.2) is 53.5 Å². The van der Waals surface area contributed by atoms with Crippen molar-refractivity contribution in [3.8, 4) is 5.69 Å². The van der Waals surface area contributed by atoms with Gasteiger partial charge in [-0.15, -0.1) is 11.3 Å². The molecule has 0 radical (unpaired) electrons. The zero-order chi connectivity index (χ0) is 23.6. The SMILES string of the molecule is CCCCc1ncc(C=C(Cc2cccs2)C(=O)OCC)n1-c1ccc(C(=O)OCC)cc1. The molecule has 0 atom stereocenters. The molecular weight excluding hydrogens is 436 g/mol. The zero-order valence-electron chi connectivity index (χ0n) is 19.4. The van der Waals surface area contributed by atoms with Gasteiger partial charge in [0.2, 0.25) is 0 Å². The molecule has 0 bridgehead atoms. The number of hydrogen-bond acceptors (Lipinski definition) is 6. The standard InChI is InChI=1S/C26H30N2O4S/c1-4-7-10-24-27-18-22(16-20(26(30)32-6-3)17-23-9-8-15-33-23)28(24)21-13-11-19(12-14-21)25(29)31-5-2/h8-9,11-16,18H,4-7,10,17H2,1-3H3. The third kappa shape index (κ3) is 6.42. The summed E-state index contributed by atoms with van der Waals surface area (Å²) in [5, 5.41) is 2.00. The lowest BCUT2D eigenvalue weighted by Gasteiger charge is -2.12. The number of benzene rings is 1. The second-order valence-corrected chi connectivity index (χ2v) is 8.48. The molecule has 7 heteroatoms. The molecule has 2 aromatic heterocycles. The van der Waals surface area contributed by atoms with Gasteiger partial charge in [0, 0.05) is 29.0 Å². The number of aromatic nitrogens is 2. The first-order valence-electron chi connectivity index (χ1n) is 11.3. The van der Waals surface area contributed by atoms with E-state index in [0.717, 1.165) is 41.3 Å². The van der Waals surface area contributed by atoms with Gasteiger partial charge in [-0.25, -0.2) is 14.6 Å². The van der Waals surface area contributed by atoms with Crippen LogP contribution in [0, 0.1) is 0 Å². The summed E-state index contributed by atoms with van der Waals surface area (Å²) in [6.07, 6.45) is 7.00. The maximum atomic E-state index is 12.7. The summed E-state index contributed by atoms with van der Waals surface area (Å²) in [4.78, 5) is 30.5. The van der Waals surface area contributed by atoms with Crippen LogP contribution in [0.1, 0.15) is 60.4 Å². The summed E-state index contributed by atoms with van der Waals surface area (Å²) < 4.78 is 12.5. The fourth-order valence-corrected chi connectivity index (χ4v) is 4.19. The highest BCUT2D eigenvalue weighted by Gasteiger charge is 2.17. The molecule has 6 nitrogen and oxygen atoms in total. The first kappa shape index (κ1) is 24.5. The van der Waals surface area contributed by atoms with Crippen LogP contribution in [-0.4, -0.2) is 34.7 Å². The smallest absolute Gasteiger partial charge is 0.338 e. The summed E-state index contributed by atoms with van der Waals surface area (Å²) in [5.41, 5.74) is 2.74. The van der Waals surface area contributed by atoms with Gasteiger partial charge in [0.25, 0.3) is 0 Å². The van der Waals surface area contributed by atoms with E-state index in [1.165, 1.54) is 0 Å². The average molecular weight is 467 g/mol. The predicted molar refractivity (Wildman–Crippen MR) is 131 cm³/mol. The number of unbranched alkanes of at least 4 members (excludes halogenated alkanes) is 1. The highest BCUT2D eigenvalue weighted by Crippen LogP contribution is 2.23. The molecule has 0 N–H and O–H groups in total. The lowest BCUT2D eigenvalue weighted by atomic mass is 10.1. The van der Waals surface area contributed by atoms with Crippen LogP contribution in [0.2, 0.25) is 0 Å². The summed E-state index contributed by atoms with van der Waals surface area (Å²) in [7, 11) is 0. The van der Waals surface area contributed by atoms with E-state index in [2.05, 4.69) is 11.9 Å². The minimum atomic E-state index is -0.346. The van der Waals surface area contributed by atoms with Gasteiger partial charge in [-0.3, -0.25) is 4.57 Å². The third-order valence-corrected chi connectivity index (χ3v) is 5.93. The average Bonchev–Trinajstić information content (AvgIpc) is 3.47. The molecule has 2 heterocycles. The van der Waals surface area contributed by atoms with Gasteiger partial charge in [0.1, 0.15) is 5.82 Å². The molecule has 0 amide bonds. The molecule has 0 unspecified atom stereocenters. The number of rotatable bonds is 11. The van der Waals surface area contributed by atoms with E-state index in [0.29, 0.717) is 30.8 Å². The molecule has 3 rings (SSSR count). The fraction of sp³-hybridized carbons (Fsp3) is 0.346. The summed E-state index contributed by atoms with van der Waals surface area (Å²) in [5.74, 6) is 0.235. The monoisotopic (exact) mass is 466 g/mol. The Morgan fingerprint density at radius 3 is 2.45 bits per heavy atom. The number of imidazole rings is 1. The molecule has 1 aromatic carbocycles. The molecule has 33 heavy (non-hydrogen) atoms. The number of esters is 2. The molecular formula is C26H30N2O4S. The molecule has 0 aliphatic heterocycles. The van der Waals surface area contributed by atoms with Crippen molar-refractivity contribution in [3.63, 3.8) is 0 Å². The van der Waals surface area contributed by atoms with Crippen molar-refractivity contribution < 1.29 is 19.1 Å². The molecule has 0 saturated carbocycles. The van der Waals surface area contributed by atoms with Crippen LogP contribution in [0.3, 0.4) is 0 Å². The van der Waals surface area contributed by atoms with Crippen molar-refractivity contribution in [1.29, 1.82) is 0 Å². The Kier molecular flexibility index (Phi) is 9.01. The Morgan fingerprint density at radius 1 is 1.06 bits per heavy atom. The van der Waals surface area contributed by atoms with Crippen molar-refractivity contribution in [2.24, 2.45) is 0 Å². The van der Waals surface area contributed by atoms with Crippen LogP contribution in [-0.2, 0) is 27.1 Å². The molecule has 174 valence electrons. The van der Waals surface area contributed by atoms with Crippen molar-refractivity contribution >= 4 is 29.4 Å². The third-order valence-electron chi connectivity index (χ3n) is 5.06. The number of carbonyl (C=O) groups excluding carboxylic acids is 2. The second kappa shape index (κ2) is 12.2. The number of hydrogen-bond donors (Lipinski definition) is 0. The minimum absolute atomic E-state index is 0.316. The van der Waals surface area contributed by atoms with E-state index in [1.54, 1.807) is 43.5 Å². The van der Waals surface area contributed by atoms with Gasteiger partial charge in [-0.05, 0) is 62.1 Å². The van der Waals surface area contributed by atoms with Crippen LogP contribution < -0.4 is 0 Å². The van der Waals surface area contributed by atoms with Crippen LogP contribution in [0.25, 0.3) is 11.8 Å². The first-order valence-corrected chi connectivity index (χ1v) is 12.2. The number of nitrogens with zero attached hydrogens (tertiary/aromatic N) is 2. The zero-order valence-corrected chi connectivity index (χ0v) is 20.2. The lowest BCUT2D eigenvalue weighted by Crippen LogP contribution is -2.11. The maximum absolute atomic E-state index is 12.7. The number of thiophene rings is 1. The van der Waals surface area contributed by atoms with Crippen molar-refractivity contribution in [2.75, 3.05) is 13.2 Å². The molecule has 0 aliphatic carbocycles. The predicted octanol–water partition coefficient (Wildman–Crippen LogP) is 5.64. The summed E-state index contributed by atoms with van der Waals surface area (Å²) >= 11 is 1.61. The largest absolute Gasteiger partial charge is 0.463 e.